The molecule has 1 heterocycles. The molecule has 0 spiro atoms. The van der Waals surface area contributed by atoms with Gasteiger partial charge in [-0.05, 0) is 6.42 Å². The lowest BCUT2D eigenvalue weighted by molar-refractivity contribution is -0.385. The van der Waals surface area contributed by atoms with Gasteiger partial charge in [0.25, 0.3) is 11.6 Å². The van der Waals surface area contributed by atoms with Crippen molar-refractivity contribution in [2.75, 3.05) is 34.5 Å². The lowest BCUT2D eigenvalue weighted by atomic mass is 10.1. The van der Waals surface area contributed by atoms with Crippen molar-refractivity contribution in [3.63, 3.8) is 0 Å². The van der Waals surface area contributed by atoms with E-state index in [1.807, 2.05) is 0 Å². The Balaban J connectivity index is 2.45. The number of ether oxygens (including phenoxy) is 3. The van der Waals surface area contributed by atoms with E-state index in [2.05, 4.69) is 0 Å². The van der Waals surface area contributed by atoms with Crippen LogP contribution >= 0.6 is 0 Å². The first-order valence-electron chi connectivity index (χ1n) is 7.31. The number of likely N-dealkylation sites (tertiary alicyclic amines) is 1. The molecular weight excluding hydrogens is 320 g/mol. The van der Waals surface area contributed by atoms with Crippen LogP contribution in [0.25, 0.3) is 0 Å². The van der Waals surface area contributed by atoms with Crippen LogP contribution in [0.2, 0.25) is 0 Å². The number of nitrogens with zero attached hydrogens (tertiary/aromatic N) is 2. The summed E-state index contributed by atoms with van der Waals surface area (Å²) in [5.74, 6) is -0.175. The van der Waals surface area contributed by atoms with Crippen LogP contribution in [0.3, 0.4) is 0 Å². The molecule has 1 aliphatic rings. The van der Waals surface area contributed by atoms with E-state index < -0.39 is 16.9 Å². The Morgan fingerprint density at radius 3 is 2.50 bits per heavy atom. The zero-order valence-corrected chi connectivity index (χ0v) is 13.7. The number of amides is 1. The standard InChI is InChI=1S/C15H20N2O7/c1-22-8-9-4-10(18)7-16(9)15(19)11-5-13(23-2)14(24-3)6-12(11)17(20)21/h5-6,9-10,18H,4,7-8H2,1-3H3/t9-,10+/m0/s1. The highest BCUT2D eigenvalue weighted by Crippen LogP contribution is 2.36. The fourth-order valence-corrected chi connectivity index (χ4v) is 2.84. The average molecular weight is 340 g/mol. The Morgan fingerprint density at radius 1 is 1.33 bits per heavy atom. The smallest absolute Gasteiger partial charge is 0.286 e. The van der Waals surface area contributed by atoms with Crippen molar-refractivity contribution >= 4 is 11.6 Å². The number of benzene rings is 1. The minimum atomic E-state index is -0.687. The molecule has 0 bridgehead atoms. The fourth-order valence-electron chi connectivity index (χ4n) is 2.84. The number of carbonyl (C=O) groups excluding carboxylic acids is 1. The van der Waals surface area contributed by atoms with Gasteiger partial charge in [-0.25, -0.2) is 0 Å². The van der Waals surface area contributed by atoms with Crippen molar-refractivity contribution in [1.29, 1.82) is 0 Å². The predicted octanol–water partition coefficient (Wildman–Crippen LogP) is 0.834. The van der Waals surface area contributed by atoms with Gasteiger partial charge in [0.1, 0.15) is 5.56 Å². The maximum absolute atomic E-state index is 12.8. The number of methoxy groups -OCH3 is 3. The fraction of sp³-hybridized carbons (Fsp3) is 0.533. The van der Waals surface area contributed by atoms with Crippen LogP contribution in [0.1, 0.15) is 16.8 Å². The first-order valence-corrected chi connectivity index (χ1v) is 7.31. The normalized spacial score (nSPS) is 20.1. The van der Waals surface area contributed by atoms with Gasteiger partial charge in [0.2, 0.25) is 0 Å². The zero-order valence-electron chi connectivity index (χ0n) is 13.7. The summed E-state index contributed by atoms with van der Waals surface area (Å²) < 4.78 is 15.2. The Morgan fingerprint density at radius 2 is 1.96 bits per heavy atom. The van der Waals surface area contributed by atoms with Crippen molar-refractivity contribution in [2.45, 2.75) is 18.6 Å². The molecule has 0 saturated carbocycles. The number of nitro benzene ring substituents is 1. The summed E-state index contributed by atoms with van der Waals surface area (Å²) in [5.41, 5.74) is -0.497. The van der Waals surface area contributed by atoms with Gasteiger partial charge in [-0.3, -0.25) is 14.9 Å². The highest BCUT2D eigenvalue weighted by molar-refractivity contribution is 5.99. The van der Waals surface area contributed by atoms with E-state index in [1.165, 1.54) is 32.3 Å². The average Bonchev–Trinajstić information content (AvgIpc) is 2.93. The van der Waals surface area contributed by atoms with E-state index in [9.17, 15) is 20.0 Å². The molecule has 1 aromatic carbocycles. The van der Waals surface area contributed by atoms with E-state index in [4.69, 9.17) is 14.2 Å². The number of carbonyl (C=O) groups is 1. The third-order valence-electron chi connectivity index (χ3n) is 3.94. The second kappa shape index (κ2) is 7.45. The maximum Gasteiger partial charge on any atom is 0.286 e. The third kappa shape index (κ3) is 3.41. The first-order chi connectivity index (χ1) is 11.4. The molecule has 1 aliphatic heterocycles. The quantitative estimate of drug-likeness (QED) is 0.603. The maximum atomic E-state index is 12.8. The van der Waals surface area contributed by atoms with Crippen molar-refractivity contribution in [3.05, 3.63) is 27.8 Å². The first kappa shape index (κ1) is 18.0. The molecular formula is C15H20N2O7. The summed E-state index contributed by atoms with van der Waals surface area (Å²) in [6.07, 6.45) is -0.325. The Kier molecular flexibility index (Phi) is 5.58. The molecule has 0 aliphatic carbocycles. The minimum absolute atomic E-state index is 0.0956. The minimum Gasteiger partial charge on any atom is -0.493 e. The molecule has 1 fully saturated rings. The highest BCUT2D eigenvalue weighted by atomic mass is 16.6. The number of nitro groups is 1. The Hall–Kier alpha value is -2.39. The number of hydrogen-bond donors (Lipinski definition) is 1. The molecule has 24 heavy (non-hydrogen) atoms. The van der Waals surface area contributed by atoms with Crippen LogP contribution < -0.4 is 9.47 Å². The molecule has 9 heteroatoms. The van der Waals surface area contributed by atoms with E-state index in [0.717, 1.165) is 6.07 Å². The number of β-amino-alcohol motifs (C(OH)–C–C–N with tert-alkyl or cyclic N) is 1. The van der Waals surface area contributed by atoms with Gasteiger partial charge in [0, 0.05) is 19.7 Å². The van der Waals surface area contributed by atoms with E-state index in [-0.39, 0.29) is 41.9 Å². The Bertz CT molecular complexity index is 634. The molecule has 9 nitrogen and oxygen atoms in total. The topological polar surface area (TPSA) is 111 Å². The molecule has 2 rings (SSSR count). The van der Waals surface area contributed by atoms with Gasteiger partial charge >= 0.3 is 0 Å². The number of aliphatic hydroxyl groups excluding tert-OH is 1. The second-order valence-electron chi connectivity index (χ2n) is 5.44. The highest BCUT2D eigenvalue weighted by Gasteiger charge is 2.37. The van der Waals surface area contributed by atoms with Crippen LogP contribution in [0.15, 0.2) is 12.1 Å². The molecule has 132 valence electrons. The van der Waals surface area contributed by atoms with Crippen LogP contribution in [0, 0.1) is 10.1 Å². The molecule has 1 amide bonds. The van der Waals surface area contributed by atoms with Crippen LogP contribution in [0.4, 0.5) is 5.69 Å². The van der Waals surface area contributed by atoms with Crippen LogP contribution in [-0.2, 0) is 4.74 Å². The van der Waals surface area contributed by atoms with Crippen molar-refractivity contribution in [1.82, 2.24) is 4.90 Å². The summed E-state index contributed by atoms with van der Waals surface area (Å²) in [7, 11) is 4.23. The second-order valence-corrected chi connectivity index (χ2v) is 5.44. The summed E-state index contributed by atoms with van der Waals surface area (Å²) in [6, 6.07) is 2.10. The SMILES string of the molecule is COC[C@@H]1C[C@@H](O)CN1C(=O)c1cc(OC)c(OC)cc1[N+](=O)[O-]. The monoisotopic (exact) mass is 340 g/mol. The summed E-state index contributed by atoms with van der Waals surface area (Å²) in [6.45, 7) is 0.336. The number of aliphatic hydroxyl groups is 1. The summed E-state index contributed by atoms with van der Waals surface area (Å²) >= 11 is 0. The van der Waals surface area contributed by atoms with Gasteiger partial charge in [-0.15, -0.1) is 0 Å². The molecule has 2 atom stereocenters. The lowest BCUT2D eigenvalue weighted by Gasteiger charge is -2.24. The predicted molar refractivity (Wildman–Crippen MR) is 83.5 cm³/mol. The number of rotatable bonds is 6. The van der Waals surface area contributed by atoms with E-state index in [0.29, 0.717) is 6.42 Å². The molecule has 1 aromatic rings. The van der Waals surface area contributed by atoms with Crippen molar-refractivity contribution < 1.29 is 29.0 Å². The van der Waals surface area contributed by atoms with Gasteiger partial charge in [0.05, 0.1) is 44.0 Å². The largest absolute Gasteiger partial charge is 0.493 e. The van der Waals surface area contributed by atoms with Crippen LogP contribution in [-0.4, -0.2) is 67.5 Å². The van der Waals surface area contributed by atoms with Crippen LogP contribution in [0.5, 0.6) is 11.5 Å². The van der Waals surface area contributed by atoms with E-state index >= 15 is 0 Å². The molecule has 1 N–H and O–H groups in total. The zero-order chi connectivity index (χ0) is 17.9. The summed E-state index contributed by atoms with van der Waals surface area (Å²) in [5, 5.41) is 21.2. The van der Waals surface area contributed by atoms with Gasteiger partial charge in [-0.2, -0.15) is 0 Å². The summed E-state index contributed by atoms with van der Waals surface area (Å²) in [4.78, 5) is 24.9. The van der Waals surface area contributed by atoms with Gasteiger partial charge in [0.15, 0.2) is 11.5 Å². The van der Waals surface area contributed by atoms with Gasteiger partial charge in [-0.1, -0.05) is 0 Å². The molecule has 0 aromatic heterocycles. The number of hydrogen-bond acceptors (Lipinski definition) is 7. The molecule has 0 unspecified atom stereocenters. The van der Waals surface area contributed by atoms with Crippen molar-refractivity contribution in [3.8, 4) is 11.5 Å². The third-order valence-corrected chi connectivity index (χ3v) is 3.94. The molecule has 0 radical (unpaired) electrons. The van der Waals surface area contributed by atoms with Crippen molar-refractivity contribution in [2.24, 2.45) is 0 Å². The Labute approximate surface area is 138 Å². The van der Waals surface area contributed by atoms with E-state index in [1.54, 1.807) is 0 Å². The van der Waals surface area contributed by atoms with Gasteiger partial charge < -0.3 is 24.2 Å². The lowest BCUT2D eigenvalue weighted by Crippen LogP contribution is -2.38. The molecule has 1 saturated heterocycles.